The normalized spacial score (nSPS) is 18.4. The van der Waals surface area contributed by atoms with Gasteiger partial charge in [0.15, 0.2) is 0 Å². The predicted molar refractivity (Wildman–Crippen MR) is 73.3 cm³/mol. The summed E-state index contributed by atoms with van der Waals surface area (Å²) in [5.41, 5.74) is 0.833. The number of nitriles is 1. The van der Waals surface area contributed by atoms with Gasteiger partial charge in [0.1, 0.15) is 6.07 Å². The quantitative estimate of drug-likeness (QED) is 0.859. The van der Waals surface area contributed by atoms with Crippen LogP contribution in [-0.4, -0.2) is 18.3 Å². The van der Waals surface area contributed by atoms with Gasteiger partial charge in [0.25, 0.3) is 0 Å². The average Bonchev–Trinajstić information content (AvgIpc) is 2.88. The zero-order valence-corrected chi connectivity index (χ0v) is 11.4. The van der Waals surface area contributed by atoms with E-state index in [1.165, 1.54) is 24.1 Å². The summed E-state index contributed by atoms with van der Waals surface area (Å²) >= 11 is 1.62. The second-order valence-corrected chi connectivity index (χ2v) is 6.23. The van der Waals surface area contributed by atoms with Gasteiger partial charge >= 0.3 is 0 Å². The molecule has 3 nitrogen and oxygen atoms in total. The van der Waals surface area contributed by atoms with Crippen LogP contribution in [-0.2, 0) is 6.54 Å². The van der Waals surface area contributed by atoms with E-state index in [0.717, 1.165) is 31.5 Å². The molecule has 1 saturated carbocycles. The molecule has 0 spiro atoms. The summed E-state index contributed by atoms with van der Waals surface area (Å²) in [5, 5.41) is 23.7. The van der Waals surface area contributed by atoms with Crippen molar-refractivity contribution < 1.29 is 5.11 Å². The number of nitrogens with one attached hydrogen (secondary N) is 1. The maximum atomic E-state index is 9.60. The fourth-order valence-corrected chi connectivity index (χ4v) is 3.45. The van der Waals surface area contributed by atoms with E-state index >= 15 is 0 Å². The Balaban J connectivity index is 1.81. The first-order valence-electron chi connectivity index (χ1n) is 6.57. The molecule has 1 aromatic rings. The van der Waals surface area contributed by atoms with Crippen molar-refractivity contribution in [2.24, 2.45) is 5.41 Å². The van der Waals surface area contributed by atoms with E-state index in [2.05, 4.69) is 11.4 Å². The minimum absolute atomic E-state index is 0.0908. The van der Waals surface area contributed by atoms with Gasteiger partial charge in [0.05, 0.1) is 5.56 Å². The SMILES string of the molecule is N#Cc1csc(CNCC2(CO)CCCCC2)c1. The summed E-state index contributed by atoms with van der Waals surface area (Å²) in [7, 11) is 0. The fraction of sp³-hybridized carbons (Fsp3) is 0.643. The minimum Gasteiger partial charge on any atom is -0.396 e. The topological polar surface area (TPSA) is 56.0 Å². The Hall–Kier alpha value is -0.890. The molecule has 18 heavy (non-hydrogen) atoms. The van der Waals surface area contributed by atoms with Gasteiger partial charge in [-0.15, -0.1) is 11.3 Å². The van der Waals surface area contributed by atoms with Gasteiger partial charge in [0.2, 0.25) is 0 Å². The number of hydrogen-bond acceptors (Lipinski definition) is 4. The van der Waals surface area contributed by atoms with Crippen LogP contribution in [0.5, 0.6) is 0 Å². The molecule has 2 N–H and O–H groups in total. The number of rotatable bonds is 5. The molecule has 0 aromatic carbocycles. The van der Waals surface area contributed by atoms with Gasteiger partial charge in [-0.25, -0.2) is 0 Å². The highest BCUT2D eigenvalue weighted by Crippen LogP contribution is 2.35. The van der Waals surface area contributed by atoms with Crippen molar-refractivity contribution in [1.82, 2.24) is 5.32 Å². The first-order chi connectivity index (χ1) is 8.78. The molecular formula is C14H20N2OS. The van der Waals surface area contributed by atoms with E-state index in [9.17, 15) is 5.11 Å². The zero-order chi connectivity index (χ0) is 12.8. The third-order valence-corrected chi connectivity index (χ3v) is 4.77. The maximum Gasteiger partial charge on any atom is 0.100 e. The lowest BCUT2D eigenvalue weighted by atomic mass is 9.74. The Morgan fingerprint density at radius 1 is 1.39 bits per heavy atom. The number of aliphatic hydroxyl groups excluding tert-OH is 1. The van der Waals surface area contributed by atoms with E-state index in [4.69, 9.17) is 5.26 Å². The molecule has 0 atom stereocenters. The molecule has 0 unspecified atom stereocenters. The Morgan fingerprint density at radius 3 is 2.78 bits per heavy atom. The molecule has 98 valence electrons. The van der Waals surface area contributed by atoms with Crippen molar-refractivity contribution in [3.05, 3.63) is 21.9 Å². The molecule has 1 aliphatic rings. The second-order valence-electron chi connectivity index (χ2n) is 5.24. The lowest BCUT2D eigenvalue weighted by Crippen LogP contribution is -2.38. The van der Waals surface area contributed by atoms with Crippen LogP contribution in [0.25, 0.3) is 0 Å². The van der Waals surface area contributed by atoms with Gasteiger partial charge < -0.3 is 10.4 Å². The Morgan fingerprint density at radius 2 is 2.17 bits per heavy atom. The van der Waals surface area contributed by atoms with E-state index in [1.807, 2.05) is 11.4 Å². The maximum absolute atomic E-state index is 9.60. The molecule has 0 amide bonds. The van der Waals surface area contributed by atoms with Gasteiger partial charge in [-0.05, 0) is 18.9 Å². The van der Waals surface area contributed by atoms with E-state index < -0.39 is 0 Å². The zero-order valence-electron chi connectivity index (χ0n) is 10.6. The summed E-state index contributed by atoms with van der Waals surface area (Å²) in [5.74, 6) is 0. The summed E-state index contributed by atoms with van der Waals surface area (Å²) in [6.45, 7) is 1.96. The smallest absolute Gasteiger partial charge is 0.100 e. The van der Waals surface area contributed by atoms with E-state index in [-0.39, 0.29) is 12.0 Å². The van der Waals surface area contributed by atoms with Crippen molar-refractivity contribution in [1.29, 1.82) is 5.26 Å². The van der Waals surface area contributed by atoms with Crippen LogP contribution < -0.4 is 5.32 Å². The standard InChI is InChI=1S/C14H20N2OS/c15-7-12-6-13(18-9-12)8-16-10-14(11-17)4-2-1-3-5-14/h6,9,16-17H,1-5,8,10-11H2. The minimum atomic E-state index is 0.0908. The third-order valence-electron chi connectivity index (χ3n) is 3.83. The highest BCUT2D eigenvalue weighted by atomic mass is 32.1. The molecule has 0 aliphatic heterocycles. The Kier molecular flexibility index (Phi) is 4.76. The summed E-state index contributed by atoms with van der Waals surface area (Å²) in [4.78, 5) is 1.19. The van der Waals surface area contributed by atoms with E-state index in [0.29, 0.717) is 0 Å². The summed E-state index contributed by atoms with van der Waals surface area (Å²) in [6.07, 6.45) is 6.03. The molecule has 4 heteroatoms. The van der Waals surface area contributed by atoms with Crippen molar-refractivity contribution in [3.8, 4) is 6.07 Å². The van der Waals surface area contributed by atoms with Gasteiger partial charge in [-0.3, -0.25) is 0 Å². The van der Waals surface area contributed by atoms with Crippen molar-refractivity contribution in [3.63, 3.8) is 0 Å². The molecule has 1 fully saturated rings. The fourth-order valence-electron chi connectivity index (χ4n) is 2.68. The Bertz CT molecular complexity index is 416. The van der Waals surface area contributed by atoms with Crippen molar-refractivity contribution >= 4 is 11.3 Å². The van der Waals surface area contributed by atoms with Crippen LogP contribution in [0.4, 0.5) is 0 Å². The highest BCUT2D eigenvalue weighted by molar-refractivity contribution is 7.10. The van der Waals surface area contributed by atoms with Gasteiger partial charge in [-0.2, -0.15) is 5.26 Å². The second kappa shape index (κ2) is 6.33. The molecule has 2 rings (SSSR count). The lowest BCUT2D eigenvalue weighted by molar-refractivity contribution is 0.0811. The summed E-state index contributed by atoms with van der Waals surface area (Å²) < 4.78 is 0. The van der Waals surface area contributed by atoms with Crippen molar-refractivity contribution in [2.75, 3.05) is 13.2 Å². The highest BCUT2D eigenvalue weighted by Gasteiger charge is 2.30. The average molecular weight is 264 g/mol. The van der Waals surface area contributed by atoms with Crippen LogP contribution in [0.2, 0.25) is 0 Å². The molecule has 1 aromatic heterocycles. The largest absolute Gasteiger partial charge is 0.396 e. The van der Waals surface area contributed by atoms with E-state index in [1.54, 1.807) is 11.3 Å². The molecule has 0 saturated heterocycles. The number of hydrogen-bond donors (Lipinski definition) is 2. The van der Waals surface area contributed by atoms with Gasteiger partial charge in [-0.1, -0.05) is 19.3 Å². The first-order valence-corrected chi connectivity index (χ1v) is 7.45. The van der Waals surface area contributed by atoms with Crippen LogP contribution in [0.3, 0.4) is 0 Å². The van der Waals surface area contributed by atoms with Crippen LogP contribution in [0.1, 0.15) is 42.5 Å². The molecular weight excluding hydrogens is 244 g/mol. The molecule has 0 bridgehead atoms. The predicted octanol–water partition coefficient (Wildman–Crippen LogP) is 2.65. The van der Waals surface area contributed by atoms with Crippen LogP contribution in [0, 0.1) is 16.7 Å². The number of aliphatic hydroxyl groups is 1. The monoisotopic (exact) mass is 264 g/mol. The van der Waals surface area contributed by atoms with Gasteiger partial charge in [0, 0.05) is 35.4 Å². The number of nitrogens with zero attached hydrogens (tertiary/aromatic N) is 1. The summed E-state index contributed by atoms with van der Waals surface area (Å²) in [6, 6.07) is 4.08. The molecule has 1 aliphatic carbocycles. The third kappa shape index (κ3) is 3.32. The molecule has 0 radical (unpaired) electrons. The first kappa shape index (κ1) is 13.5. The Labute approximate surface area is 112 Å². The van der Waals surface area contributed by atoms with Crippen LogP contribution in [0.15, 0.2) is 11.4 Å². The lowest BCUT2D eigenvalue weighted by Gasteiger charge is -2.35. The number of thiophene rings is 1. The van der Waals surface area contributed by atoms with Crippen LogP contribution >= 0.6 is 11.3 Å². The van der Waals surface area contributed by atoms with Crippen molar-refractivity contribution in [2.45, 2.75) is 38.6 Å². The molecule has 1 heterocycles.